The van der Waals surface area contributed by atoms with E-state index in [2.05, 4.69) is 0 Å². The van der Waals surface area contributed by atoms with Gasteiger partial charge < -0.3 is 0 Å². The van der Waals surface area contributed by atoms with Crippen molar-refractivity contribution in [2.75, 3.05) is 0 Å². The second-order valence-corrected chi connectivity index (χ2v) is 10.2. The number of nitrogens with zero attached hydrogens (tertiary/aromatic N) is 3. The molecule has 5 aromatic rings. The van der Waals surface area contributed by atoms with Crippen molar-refractivity contribution in [1.29, 1.82) is 15.8 Å². The van der Waals surface area contributed by atoms with Gasteiger partial charge in [0.05, 0.1) is 27.5 Å². The minimum atomic E-state index is -1.39. The smallest absolute Gasteiger partial charge is 0.141 e. The lowest BCUT2D eigenvalue weighted by molar-refractivity contribution is 0.525. The van der Waals surface area contributed by atoms with Gasteiger partial charge in [-0.25, -0.2) is 13.2 Å². The molecule has 0 unspecified atom stereocenters. The Labute approximate surface area is 233 Å². The summed E-state index contributed by atoms with van der Waals surface area (Å²) in [6.07, 6.45) is 0. The molecule has 0 atom stereocenters. The average Bonchev–Trinajstić information content (AvgIpc) is 3.00. The Morgan fingerprint density at radius 1 is 0.415 bits per heavy atom. The minimum absolute atomic E-state index is 0.199. The van der Waals surface area contributed by atoms with Crippen LogP contribution >= 0.6 is 0 Å². The molecule has 0 saturated carbocycles. The molecule has 0 amide bonds. The maximum Gasteiger partial charge on any atom is 0.141 e. The van der Waals surface area contributed by atoms with Crippen LogP contribution in [-0.2, 0) is 10.8 Å². The predicted octanol–water partition coefficient (Wildman–Crippen LogP) is 7.11. The highest BCUT2D eigenvalue weighted by atomic mass is 19.1. The number of halogens is 3. The van der Waals surface area contributed by atoms with E-state index in [1.807, 2.05) is 54.6 Å². The topological polar surface area (TPSA) is 71.4 Å². The quantitative estimate of drug-likeness (QED) is 0.237. The first kappa shape index (κ1) is 24.4. The third-order valence-corrected chi connectivity index (χ3v) is 8.52. The first-order valence-electron chi connectivity index (χ1n) is 12.8. The van der Waals surface area contributed by atoms with Gasteiger partial charge in [0, 0.05) is 0 Å². The van der Waals surface area contributed by atoms with Crippen LogP contribution in [0.5, 0.6) is 0 Å². The summed E-state index contributed by atoms with van der Waals surface area (Å²) in [7, 11) is 0. The van der Waals surface area contributed by atoms with Crippen LogP contribution in [0.2, 0.25) is 0 Å². The van der Waals surface area contributed by atoms with Gasteiger partial charge >= 0.3 is 0 Å². The van der Waals surface area contributed by atoms with E-state index >= 15 is 13.2 Å². The van der Waals surface area contributed by atoms with E-state index < -0.39 is 28.3 Å². The Morgan fingerprint density at radius 3 is 0.951 bits per heavy atom. The van der Waals surface area contributed by atoms with Gasteiger partial charge in [-0.2, -0.15) is 15.8 Å². The lowest BCUT2D eigenvalue weighted by atomic mass is 9.44. The molecule has 0 heterocycles. The molecule has 2 bridgehead atoms. The summed E-state index contributed by atoms with van der Waals surface area (Å²) in [5.74, 6) is -2.25. The van der Waals surface area contributed by atoms with Crippen LogP contribution in [0.1, 0.15) is 61.2 Å². The number of benzene rings is 5. The molecule has 5 aromatic carbocycles. The molecule has 0 saturated heterocycles. The van der Waals surface area contributed by atoms with Crippen molar-refractivity contribution in [3.63, 3.8) is 0 Å². The molecular weight excluding hydrogens is 519 g/mol. The van der Waals surface area contributed by atoms with Crippen LogP contribution in [0.3, 0.4) is 0 Å². The molecule has 3 aliphatic rings. The summed E-state index contributed by atoms with van der Waals surface area (Å²) < 4.78 is 46.9. The summed E-state index contributed by atoms with van der Waals surface area (Å²) in [6, 6.07) is 32.3. The van der Waals surface area contributed by atoms with Gasteiger partial charge in [-0.05, 0) is 80.9 Å². The maximum absolute atomic E-state index is 15.6. The van der Waals surface area contributed by atoms with Crippen molar-refractivity contribution in [3.8, 4) is 18.2 Å². The normalized spacial score (nSPS) is 19.2. The van der Waals surface area contributed by atoms with Crippen LogP contribution in [0.25, 0.3) is 0 Å². The molecule has 0 aromatic heterocycles. The molecule has 0 aliphatic heterocycles. The van der Waals surface area contributed by atoms with Gasteiger partial charge in [0.2, 0.25) is 0 Å². The Bertz CT molecular complexity index is 1990. The Balaban J connectivity index is 1.84. The van der Waals surface area contributed by atoms with Crippen LogP contribution in [0.4, 0.5) is 13.2 Å². The third-order valence-electron chi connectivity index (χ3n) is 8.52. The van der Waals surface area contributed by atoms with Gasteiger partial charge in [-0.15, -0.1) is 0 Å². The standard InChI is InChI=1S/C35H16F3N3/c36-31-14-28-27(13-22(31)19-41)35(24-9-5-2-6-10-24)29-15-32(37)20(17-39)11-25(29)34(28,23-7-3-1-4-8-23)26-12-21(18-40)33(38)16-30(26)35/h1-16H. The average molecular weight is 536 g/mol. The molecule has 0 N–H and O–H groups in total. The molecule has 192 valence electrons. The van der Waals surface area contributed by atoms with E-state index in [-0.39, 0.29) is 16.7 Å². The number of hydrogen-bond donors (Lipinski definition) is 0. The molecule has 0 radical (unpaired) electrons. The fourth-order valence-corrected chi connectivity index (χ4v) is 7.02. The van der Waals surface area contributed by atoms with Crippen molar-refractivity contribution in [2.45, 2.75) is 10.8 Å². The molecule has 0 spiro atoms. The zero-order valence-corrected chi connectivity index (χ0v) is 21.2. The molecule has 0 fully saturated rings. The molecule has 6 heteroatoms. The summed E-state index contributed by atoms with van der Waals surface area (Å²) in [5, 5.41) is 29.6. The van der Waals surface area contributed by atoms with E-state index in [0.29, 0.717) is 44.5 Å². The fourth-order valence-electron chi connectivity index (χ4n) is 7.02. The zero-order chi connectivity index (χ0) is 28.5. The first-order chi connectivity index (χ1) is 19.9. The molecule has 41 heavy (non-hydrogen) atoms. The zero-order valence-electron chi connectivity index (χ0n) is 21.2. The molecule has 8 rings (SSSR count). The first-order valence-corrected chi connectivity index (χ1v) is 12.8. The van der Waals surface area contributed by atoms with Gasteiger partial charge in [0.1, 0.15) is 35.7 Å². The van der Waals surface area contributed by atoms with Crippen LogP contribution in [-0.4, -0.2) is 0 Å². The van der Waals surface area contributed by atoms with Gasteiger partial charge in [-0.3, -0.25) is 0 Å². The monoisotopic (exact) mass is 535 g/mol. The van der Waals surface area contributed by atoms with Crippen LogP contribution in [0.15, 0.2) is 97.1 Å². The van der Waals surface area contributed by atoms with Gasteiger partial charge in [0.25, 0.3) is 0 Å². The number of hydrogen-bond acceptors (Lipinski definition) is 3. The van der Waals surface area contributed by atoms with E-state index in [1.54, 1.807) is 24.3 Å². The number of nitriles is 3. The summed E-state index contributed by atoms with van der Waals surface area (Å²) in [6.45, 7) is 0. The Kier molecular flexibility index (Phi) is 5.02. The maximum atomic E-state index is 15.6. The summed E-state index contributed by atoms with van der Waals surface area (Å²) in [4.78, 5) is 0. The highest BCUT2D eigenvalue weighted by Crippen LogP contribution is 2.66. The minimum Gasteiger partial charge on any atom is -0.206 e. The van der Waals surface area contributed by atoms with Crippen molar-refractivity contribution in [1.82, 2.24) is 0 Å². The van der Waals surface area contributed by atoms with Crippen molar-refractivity contribution < 1.29 is 13.2 Å². The second-order valence-electron chi connectivity index (χ2n) is 10.2. The second kappa shape index (κ2) is 8.43. The largest absolute Gasteiger partial charge is 0.206 e. The highest BCUT2D eigenvalue weighted by molar-refractivity contribution is 5.83. The van der Waals surface area contributed by atoms with Crippen molar-refractivity contribution in [3.05, 3.63) is 176 Å². The van der Waals surface area contributed by atoms with E-state index in [1.165, 1.54) is 36.4 Å². The number of rotatable bonds is 2. The highest BCUT2D eigenvalue weighted by Gasteiger charge is 2.61. The lowest BCUT2D eigenvalue weighted by Gasteiger charge is -2.57. The van der Waals surface area contributed by atoms with Crippen LogP contribution in [0, 0.1) is 51.4 Å². The van der Waals surface area contributed by atoms with Crippen LogP contribution < -0.4 is 0 Å². The van der Waals surface area contributed by atoms with Crippen molar-refractivity contribution in [2.24, 2.45) is 0 Å². The Hall–Kier alpha value is -5.64. The summed E-state index contributed by atoms with van der Waals surface area (Å²) in [5.41, 5.74) is 0.835. The predicted molar refractivity (Wildman–Crippen MR) is 144 cm³/mol. The lowest BCUT2D eigenvalue weighted by Crippen LogP contribution is -2.52. The van der Waals surface area contributed by atoms with Crippen molar-refractivity contribution >= 4 is 0 Å². The Morgan fingerprint density at radius 2 is 0.683 bits per heavy atom. The molecular formula is C35H16F3N3. The summed E-state index contributed by atoms with van der Waals surface area (Å²) >= 11 is 0. The molecule has 3 aliphatic carbocycles. The van der Waals surface area contributed by atoms with E-state index in [4.69, 9.17) is 0 Å². The SMILES string of the molecule is N#Cc1cc2c(cc1F)C1(c3ccccc3)c3cc(C#N)c(F)cc3C2(c2ccccc2)c2cc(F)c(C#N)cc21. The fraction of sp³-hybridized carbons (Fsp3) is 0.0571. The van der Waals surface area contributed by atoms with Gasteiger partial charge in [-0.1, -0.05) is 60.7 Å². The van der Waals surface area contributed by atoms with Gasteiger partial charge in [0.15, 0.2) is 0 Å². The van der Waals surface area contributed by atoms with E-state index in [9.17, 15) is 15.8 Å². The third kappa shape index (κ3) is 2.85. The van der Waals surface area contributed by atoms with E-state index in [0.717, 1.165) is 0 Å². The molecule has 3 nitrogen and oxygen atoms in total.